The van der Waals surface area contributed by atoms with E-state index < -0.39 is 29.7 Å². The summed E-state index contributed by atoms with van der Waals surface area (Å²) in [5, 5.41) is 19.1. The lowest BCUT2D eigenvalue weighted by Gasteiger charge is -2.09. The standard InChI is InChI=1S/C10H8F3NO4/c11-10(12,13)5-1-3-6(4-2-5)14-8(16)7(15)9(17)18/h1-4,7,15H,(H,14,16)(H,17,18). The van der Waals surface area contributed by atoms with Gasteiger partial charge in [-0.05, 0) is 24.3 Å². The van der Waals surface area contributed by atoms with Gasteiger partial charge in [0.15, 0.2) is 0 Å². The predicted molar refractivity (Wildman–Crippen MR) is 53.7 cm³/mol. The van der Waals surface area contributed by atoms with E-state index in [1.54, 1.807) is 0 Å². The van der Waals surface area contributed by atoms with Crippen LogP contribution in [0.5, 0.6) is 0 Å². The Balaban J connectivity index is 2.76. The summed E-state index contributed by atoms with van der Waals surface area (Å²) in [7, 11) is 0. The van der Waals surface area contributed by atoms with Crippen molar-refractivity contribution in [3.8, 4) is 0 Å². The molecule has 0 saturated carbocycles. The van der Waals surface area contributed by atoms with Crippen LogP contribution in [-0.4, -0.2) is 28.2 Å². The third kappa shape index (κ3) is 3.45. The number of benzene rings is 1. The van der Waals surface area contributed by atoms with Crippen molar-refractivity contribution < 1.29 is 33.0 Å². The summed E-state index contributed by atoms with van der Waals surface area (Å²) in [5.74, 6) is -2.98. The van der Waals surface area contributed by atoms with Crippen molar-refractivity contribution in [1.82, 2.24) is 0 Å². The van der Waals surface area contributed by atoms with Crippen LogP contribution >= 0.6 is 0 Å². The molecule has 0 radical (unpaired) electrons. The minimum atomic E-state index is -4.50. The molecule has 1 aromatic carbocycles. The highest BCUT2D eigenvalue weighted by Crippen LogP contribution is 2.29. The van der Waals surface area contributed by atoms with Gasteiger partial charge in [-0.15, -0.1) is 0 Å². The minimum Gasteiger partial charge on any atom is -0.479 e. The third-order valence-corrected chi connectivity index (χ3v) is 1.96. The summed E-state index contributed by atoms with van der Waals surface area (Å²) in [6.45, 7) is 0. The zero-order valence-electron chi connectivity index (χ0n) is 8.73. The fourth-order valence-corrected chi connectivity index (χ4v) is 1.07. The van der Waals surface area contributed by atoms with Gasteiger partial charge in [-0.2, -0.15) is 13.2 Å². The van der Waals surface area contributed by atoms with Crippen LogP contribution in [0.2, 0.25) is 0 Å². The summed E-state index contributed by atoms with van der Waals surface area (Å²) < 4.78 is 36.6. The lowest BCUT2D eigenvalue weighted by atomic mass is 10.2. The second-order valence-electron chi connectivity index (χ2n) is 3.31. The highest BCUT2D eigenvalue weighted by Gasteiger charge is 2.30. The highest BCUT2D eigenvalue weighted by molar-refractivity contribution is 6.06. The molecule has 5 nitrogen and oxygen atoms in total. The molecule has 0 spiro atoms. The Bertz CT molecular complexity index is 455. The van der Waals surface area contributed by atoms with Gasteiger partial charge in [-0.1, -0.05) is 0 Å². The van der Waals surface area contributed by atoms with E-state index >= 15 is 0 Å². The van der Waals surface area contributed by atoms with Crippen molar-refractivity contribution >= 4 is 17.6 Å². The summed E-state index contributed by atoms with van der Waals surface area (Å²) in [6.07, 6.45) is -6.77. The number of rotatable bonds is 3. The van der Waals surface area contributed by atoms with E-state index in [2.05, 4.69) is 0 Å². The number of carboxylic acid groups (broad SMARTS) is 1. The van der Waals surface area contributed by atoms with Gasteiger partial charge in [0.1, 0.15) is 0 Å². The molecular weight excluding hydrogens is 255 g/mol. The Morgan fingerprint density at radius 2 is 1.67 bits per heavy atom. The topological polar surface area (TPSA) is 86.6 Å². The van der Waals surface area contributed by atoms with Crippen molar-refractivity contribution in [1.29, 1.82) is 0 Å². The molecule has 3 N–H and O–H groups in total. The first-order valence-electron chi connectivity index (χ1n) is 4.61. The molecule has 0 saturated heterocycles. The van der Waals surface area contributed by atoms with Gasteiger partial charge in [0.2, 0.25) is 6.10 Å². The Morgan fingerprint density at radius 3 is 2.06 bits per heavy atom. The number of hydrogen-bond donors (Lipinski definition) is 3. The second kappa shape index (κ2) is 5.05. The van der Waals surface area contributed by atoms with Crippen LogP contribution in [0.4, 0.5) is 18.9 Å². The number of anilines is 1. The maximum absolute atomic E-state index is 12.2. The average molecular weight is 263 g/mol. The lowest BCUT2D eigenvalue weighted by Crippen LogP contribution is -2.34. The van der Waals surface area contributed by atoms with E-state index in [0.717, 1.165) is 24.3 Å². The quantitative estimate of drug-likeness (QED) is 0.712. The van der Waals surface area contributed by atoms with E-state index in [1.165, 1.54) is 0 Å². The SMILES string of the molecule is O=C(O)C(O)C(=O)Nc1ccc(C(F)(F)F)cc1. The van der Waals surface area contributed by atoms with E-state index in [1.807, 2.05) is 5.32 Å². The van der Waals surface area contributed by atoms with Crippen molar-refractivity contribution in [2.45, 2.75) is 12.3 Å². The molecule has 8 heteroatoms. The number of hydrogen-bond acceptors (Lipinski definition) is 3. The fraction of sp³-hybridized carbons (Fsp3) is 0.200. The van der Waals surface area contributed by atoms with Crippen LogP contribution in [-0.2, 0) is 15.8 Å². The number of amides is 1. The van der Waals surface area contributed by atoms with E-state index in [9.17, 15) is 22.8 Å². The Labute approximate surface area is 98.8 Å². The maximum atomic E-state index is 12.2. The van der Waals surface area contributed by atoms with E-state index in [-0.39, 0.29) is 5.69 Å². The molecule has 1 amide bonds. The molecule has 1 atom stereocenters. The van der Waals surface area contributed by atoms with Crippen molar-refractivity contribution in [2.24, 2.45) is 0 Å². The Kier molecular flexibility index (Phi) is 3.92. The first kappa shape index (κ1) is 14.0. The smallest absolute Gasteiger partial charge is 0.416 e. The lowest BCUT2D eigenvalue weighted by molar-refractivity contribution is -0.151. The van der Waals surface area contributed by atoms with Gasteiger partial charge < -0.3 is 15.5 Å². The number of nitrogens with one attached hydrogen (secondary N) is 1. The number of aliphatic hydroxyl groups excluding tert-OH is 1. The molecule has 1 aromatic rings. The van der Waals surface area contributed by atoms with Gasteiger partial charge in [0.05, 0.1) is 5.56 Å². The fourth-order valence-electron chi connectivity index (χ4n) is 1.07. The number of halogens is 3. The minimum absolute atomic E-state index is 0.0479. The first-order valence-corrected chi connectivity index (χ1v) is 4.61. The third-order valence-electron chi connectivity index (χ3n) is 1.96. The van der Waals surface area contributed by atoms with Crippen LogP contribution in [0.25, 0.3) is 0 Å². The molecule has 0 aromatic heterocycles. The number of carbonyl (C=O) groups is 2. The van der Waals surface area contributed by atoms with E-state index in [4.69, 9.17) is 10.2 Å². The normalized spacial score (nSPS) is 12.9. The zero-order chi connectivity index (χ0) is 13.9. The molecule has 0 aliphatic heterocycles. The summed E-state index contributed by atoms with van der Waals surface area (Å²) in [5.41, 5.74) is -0.951. The first-order chi connectivity index (χ1) is 8.21. The number of carboxylic acids is 1. The maximum Gasteiger partial charge on any atom is 0.416 e. The molecular formula is C10H8F3NO4. The van der Waals surface area contributed by atoms with Crippen LogP contribution in [0, 0.1) is 0 Å². The van der Waals surface area contributed by atoms with E-state index in [0.29, 0.717) is 0 Å². The molecule has 0 aliphatic carbocycles. The Morgan fingerprint density at radius 1 is 1.17 bits per heavy atom. The van der Waals surface area contributed by atoms with Crippen LogP contribution in [0.15, 0.2) is 24.3 Å². The molecule has 0 fully saturated rings. The zero-order valence-corrected chi connectivity index (χ0v) is 8.73. The van der Waals surface area contributed by atoms with Gasteiger partial charge in [0.25, 0.3) is 5.91 Å². The highest BCUT2D eigenvalue weighted by atomic mass is 19.4. The van der Waals surface area contributed by atoms with Gasteiger partial charge in [0, 0.05) is 5.69 Å². The van der Waals surface area contributed by atoms with Gasteiger partial charge in [-0.25, -0.2) is 4.79 Å². The van der Waals surface area contributed by atoms with Crippen LogP contribution in [0.3, 0.4) is 0 Å². The van der Waals surface area contributed by atoms with Crippen LogP contribution in [0.1, 0.15) is 5.56 Å². The molecule has 1 unspecified atom stereocenters. The second-order valence-corrected chi connectivity index (χ2v) is 3.31. The number of alkyl halides is 3. The summed E-state index contributed by atoms with van der Waals surface area (Å²) in [4.78, 5) is 21.3. The van der Waals surface area contributed by atoms with Crippen molar-refractivity contribution in [3.05, 3.63) is 29.8 Å². The molecule has 98 valence electrons. The van der Waals surface area contributed by atoms with Gasteiger partial charge >= 0.3 is 12.1 Å². The monoisotopic (exact) mass is 263 g/mol. The number of aliphatic hydroxyl groups is 1. The summed E-state index contributed by atoms with van der Waals surface area (Å²) >= 11 is 0. The van der Waals surface area contributed by atoms with Crippen molar-refractivity contribution in [3.63, 3.8) is 0 Å². The Hall–Kier alpha value is -2.09. The number of aliphatic carboxylic acids is 1. The largest absolute Gasteiger partial charge is 0.479 e. The summed E-state index contributed by atoms with van der Waals surface area (Å²) in [6, 6.07) is 3.36. The average Bonchev–Trinajstić information content (AvgIpc) is 2.27. The molecule has 0 bridgehead atoms. The molecule has 0 heterocycles. The molecule has 0 aliphatic rings. The van der Waals surface area contributed by atoms with Gasteiger partial charge in [-0.3, -0.25) is 4.79 Å². The van der Waals surface area contributed by atoms with Crippen LogP contribution < -0.4 is 5.32 Å². The van der Waals surface area contributed by atoms with Crippen molar-refractivity contribution in [2.75, 3.05) is 5.32 Å². The predicted octanol–water partition coefficient (Wildman–Crippen LogP) is 1.09. The molecule has 18 heavy (non-hydrogen) atoms. The molecule has 1 rings (SSSR count). The number of carbonyl (C=O) groups excluding carboxylic acids is 1.